The van der Waals surface area contributed by atoms with Gasteiger partial charge in [-0.15, -0.1) is 4.40 Å². The van der Waals surface area contributed by atoms with Crippen LogP contribution in [0.5, 0.6) is 0 Å². The van der Waals surface area contributed by atoms with E-state index in [2.05, 4.69) is 30.4 Å². The van der Waals surface area contributed by atoms with Gasteiger partial charge in [0.15, 0.2) is 0 Å². The monoisotopic (exact) mass is 404 g/mol. The van der Waals surface area contributed by atoms with Crippen LogP contribution in [-0.4, -0.2) is 26.2 Å². The summed E-state index contributed by atoms with van der Waals surface area (Å²) in [5.41, 5.74) is 4.33. The fourth-order valence-electron chi connectivity index (χ4n) is 2.77. The van der Waals surface area contributed by atoms with E-state index in [1.165, 1.54) is 22.5 Å². The third-order valence-corrected chi connectivity index (χ3v) is 6.92. The lowest BCUT2D eigenvalue weighted by atomic mass is 10.1. The molecule has 7 heteroatoms. The molecule has 0 amide bonds. The summed E-state index contributed by atoms with van der Waals surface area (Å²) in [6.45, 7) is 9.65. The molecule has 3 rings (SSSR count). The molecule has 0 fully saturated rings. The molecule has 0 spiro atoms. The molecule has 0 bridgehead atoms. The van der Waals surface area contributed by atoms with Crippen LogP contribution < -0.4 is 4.80 Å². The number of hydrogen-bond donors (Lipinski definition) is 0. The van der Waals surface area contributed by atoms with E-state index in [9.17, 15) is 8.42 Å². The lowest BCUT2D eigenvalue weighted by Gasteiger charge is -2.07. The van der Waals surface area contributed by atoms with Crippen LogP contribution in [0.25, 0.3) is 10.2 Å². The molecule has 0 N–H and O–H groups in total. The van der Waals surface area contributed by atoms with E-state index in [1.807, 2.05) is 18.4 Å². The third kappa shape index (κ3) is 4.31. The molecule has 1 heterocycles. The molecule has 0 aliphatic carbocycles. The number of nitrogens with zero attached hydrogens (tertiary/aromatic N) is 2. The molecule has 0 atom stereocenters. The maximum absolute atomic E-state index is 12.8. The van der Waals surface area contributed by atoms with Gasteiger partial charge in [0.2, 0.25) is 4.80 Å². The first kappa shape index (κ1) is 19.8. The van der Waals surface area contributed by atoms with Crippen molar-refractivity contribution < 1.29 is 13.2 Å². The average Bonchev–Trinajstić information content (AvgIpc) is 2.92. The molecular formula is C20H24N2O3S2. The van der Waals surface area contributed by atoms with Crippen LogP contribution in [-0.2, 0) is 21.3 Å². The summed E-state index contributed by atoms with van der Waals surface area (Å²) < 4.78 is 38.2. The highest BCUT2D eigenvalue weighted by Crippen LogP contribution is 2.23. The molecule has 0 unspecified atom stereocenters. The number of sulfonamides is 1. The van der Waals surface area contributed by atoms with Crippen LogP contribution in [0.1, 0.15) is 23.6 Å². The van der Waals surface area contributed by atoms with Crippen LogP contribution in [0.3, 0.4) is 0 Å². The van der Waals surface area contributed by atoms with Crippen molar-refractivity contribution in [3.8, 4) is 0 Å². The maximum atomic E-state index is 12.8. The van der Waals surface area contributed by atoms with E-state index in [0.29, 0.717) is 24.6 Å². The Morgan fingerprint density at radius 1 is 1.07 bits per heavy atom. The average molecular weight is 405 g/mol. The predicted octanol–water partition coefficient (Wildman–Crippen LogP) is 3.95. The second-order valence-corrected chi connectivity index (χ2v) is 9.13. The maximum Gasteiger partial charge on any atom is 0.285 e. The van der Waals surface area contributed by atoms with Gasteiger partial charge in [0, 0.05) is 13.2 Å². The minimum absolute atomic E-state index is 0.203. The quantitative estimate of drug-likeness (QED) is 0.585. The van der Waals surface area contributed by atoms with Crippen molar-refractivity contribution in [2.24, 2.45) is 4.40 Å². The largest absolute Gasteiger partial charge is 0.380 e. The van der Waals surface area contributed by atoms with E-state index in [4.69, 9.17) is 4.74 Å². The first-order valence-electron chi connectivity index (χ1n) is 8.88. The topological polar surface area (TPSA) is 60.7 Å². The van der Waals surface area contributed by atoms with Gasteiger partial charge in [-0.1, -0.05) is 29.0 Å². The zero-order valence-corrected chi connectivity index (χ0v) is 17.7. The van der Waals surface area contributed by atoms with Gasteiger partial charge in [0.25, 0.3) is 10.0 Å². The van der Waals surface area contributed by atoms with Crippen molar-refractivity contribution in [3.05, 3.63) is 57.9 Å². The minimum atomic E-state index is -3.78. The number of hydrogen-bond acceptors (Lipinski definition) is 4. The number of aryl methyl sites for hydroxylation is 3. The highest BCUT2D eigenvalue weighted by molar-refractivity contribution is 7.90. The van der Waals surface area contributed by atoms with Gasteiger partial charge < -0.3 is 9.30 Å². The van der Waals surface area contributed by atoms with Gasteiger partial charge in [-0.05, 0) is 63.1 Å². The number of rotatable bonds is 6. The summed E-state index contributed by atoms with van der Waals surface area (Å²) in [7, 11) is -3.78. The van der Waals surface area contributed by atoms with Crippen LogP contribution in [0.2, 0.25) is 0 Å². The molecule has 0 aliphatic heterocycles. The molecule has 0 saturated heterocycles. The van der Waals surface area contributed by atoms with Crippen molar-refractivity contribution in [1.82, 2.24) is 4.57 Å². The number of ether oxygens (including phenoxy) is 1. The van der Waals surface area contributed by atoms with Gasteiger partial charge >= 0.3 is 0 Å². The zero-order valence-electron chi connectivity index (χ0n) is 16.0. The Morgan fingerprint density at radius 2 is 1.74 bits per heavy atom. The Hall–Kier alpha value is -1.96. The molecular weight excluding hydrogens is 380 g/mol. The van der Waals surface area contributed by atoms with Gasteiger partial charge in [-0.3, -0.25) is 0 Å². The fourth-order valence-corrected chi connectivity index (χ4v) is 5.11. The summed E-state index contributed by atoms with van der Waals surface area (Å²) >= 11 is 1.39. The first-order chi connectivity index (χ1) is 12.8. The Balaban J connectivity index is 2.17. The number of benzene rings is 2. The summed E-state index contributed by atoms with van der Waals surface area (Å²) in [4.78, 5) is 0.671. The highest BCUT2D eigenvalue weighted by atomic mass is 32.2. The molecule has 0 radical (unpaired) electrons. The summed E-state index contributed by atoms with van der Waals surface area (Å²) in [5.74, 6) is 0. The van der Waals surface area contributed by atoms with Gasteiger partial charge in [-0.2, -0.15) is 8.42 Å². The molecule has 2 aromatic carbocycles. The predicted molar refractivity (Wildman–Crippen MR) is 110 cm³/mol. The van der Waals surface area contributed by atoms with E-state index >= 15 is 0 Å². The molecule has 0 aliphatic rings. The molecule has 5 nitrogen and oxygen atoms in total. The fraction of sp³-hybridized carbons (Fsp3) is 0.350. The van der Waals surface area contributed by atoms with Crippen molar-refractivity contribution in [2.75, 3.05) is 13.2 Å². The smallest absolute Gasteiger partial charge is 0.285 e. The van der Waals surface area contributed by atoms with Crippen LogP contribution in [0.15, 0.2) is 45.7 Å². The lowest BCUT2D eigenvalue weighted by Crippen LogP contribution is -2.20. The number of thiazole rings is 1. The van der Waals surface area contributed by atoms with Gasteiger partial charge in [0.1, 0.15) is 0 Å². The van der Waals surface area contributed by atoms with E-state index in [-0.39, 0.29) is 4.90 Å². The summed E-state index contributed by atoms with van der Waals surface area (Å²) in [5, 5.41) is 0. The van der Waals surface area contributed by atoms with E-state index < -0.39 is 10.0 Å². The van der Waals surface area contributed by atoms with Crippen molar-refractivity contribution in [3.63, 3.8) is 0 Å². The van der Waals surface area contributed by atoms with Crippen molar-refractivity contribution in [2.45, 2.75) is 39.1 Å². The number of aromatic nitrogens is 1. The summed E-state index contributed by atoms with van der Waals surface area (Å²) in [6, 6.07) is 10.9. The van der Waals surface area contributed by atoms with Crippen LogP contribution >= 0.6 is 11.3 Å². The van der Waals surface area contributed by atoms with Crippen LogP contribution in [0.4, 0.5) is 0 Å². The molecule has 3 aromatic rings. The molecule has 144 valence electrons. The zero-order chi connectivity index (χ0) is 19.6. The van der Waals surface area contributed by atoms with Crippen LogP contribution in [0, 0.1) is 20.8 Å². The lowest BCUT2D eigenvalue weighted by molar-refractivity contribution is 0.139. The summed E-state index contributed by atoms with van der Waals surface area (Å²) in [6.07, 6.45) is 0. The second-order valence-electron chi connectivity index (χ2n) is 6.52. The Morgan fingerprint density at radius 3 is 2.41 bits per heavy atom. The minimum Gasteiger partial charge on any atom is -0.380 e. The standard InChI is InChI=1S/C20H24N2O3S2/c1-5-25-11-10-22-18-12-15(3)16(4)13-19(18)26-20(22)21-27(23,24)17-8-6-14(2)7-9-17/h6-9,12-13H,5,10-11H2,1-4H3/b21-20-. The van der Waals surface area contributed by atoms with Gasteiger partial charge in [-0.25, -0.2) is 0 Å². The molecule has 0 saturated carbocycles. The Labute approximate surface area is 164 Å². The first-order valence-corrected chi connectivity index (χ1v) is 11.1. The van der Waals surface area contributed by atoms with E-state index in [1.54, 1.807) is 24.3 Å². The molecule has 27 heavy (non-hydrogen) atoms. The van der Waals surface area contributed by atoms with Crippen molar-refractivity contribution in [1.29, 1.82) is 0 Å². The van der Waals surface area contributed by atoms with E-state index in [0.717, 1.165) is 15.8 Å². The second kappa shape index (κ2) is 7.96. The third-order valence-electron chi connectivity index (χ3n) is 4.48. The highest BCUT2D eigenvalue weighted by Gasteiger charge is 2.15. The Kier molecular flexibility index (Phi) is 5.83. The molecule has 1 aromatic heterocycles. The normalized spacial score (nSPS) is 12.8. The Bertz CT molecular complexity index is 1120. The van der Waals surface area contributed by atoms with Gasteiger partial charge in [0.05, 0.1) is 21.7 Å². The SMILES string of the molecule is CCOCCn1/c(=N/S(=O)(=O)c2ccc(C)cc2)sc2cc(C)c(C)cc21. The van der Waals surface area contributed by atoms with Crippen molar-refractivity contribution >= 4 is 31.6 Å². The number of fused-ring (bicyclic) bond motifs is 1.